The Hall–Kier alpha value is -1.59. The highest BCUT2D eigenvalue weighted by molar-refractivity contribution is 6.30. The summed E-state index contributed by atoms with van der Waals surface area (Å²) in [6.07, 6.45) is 6.96. The molecule has 3 rings (SSSR count). The number of nitrogens with zero attached hydrogens (tertiary/aromatic N) is 3. The van der Waals surface area contributed by atoms with Gasteiger partial charge in [-0.15, -0.1) is 0 Å². The zero-order valence-electron chi connectivity index (χ0n) is 15.3. The van der Waals surface area contributed by atoms with Gasteiger partial charge < -0.3 is 53.2 Å². The molecule has 2 aromatic heterocycles. The molecule has 0 atom stereocenters. The van der Waals surface area contributed by atoms with E-state index in [1.54, 1.807) is 36.5 Å². The van der Waals surface area contributed by atoms with Gasteiger partial charge in [0.1, 0.15) is 20.3 Å². The number of benzene rings is 1. The van der Waals surface area contributed by atoms with Crippen LogP contribution in [0.15, 0.2) is 78.3 Å². The van der Waals surface area contributed by atoms with E-state index < -0.39 is 0 Å². The molecule has 0 bridgehead atoms. The molecule has 0 aliphatic heterocycles. The first-order chi connectivity index (χ1) is 12.5. The molecule has 5 nitrogen and oxygen atoms in total. The Bertz CT molecular complexity index is 919. The number of carbonyl (C=O) groups excluding carboxylic acids is 1. The second kappa shape index (κ2) is 13.6. The molecule has 0 amide bonds. The first-order valence-corrected chi connectivity index (χ1v) is 8.26. The van der Waals surface area contributed by atoms with Crippen molar-refractivity contribution in [2.24, 2.45) is 19.3 Å². The molecule has 0 aliphatic rings. The van der Waals surface area contributed by atoms with Crippen molar-refractivity contribution in [2.75, 3.05) is 0 Å². The number of carbonyl (C=O) groups is 1. The van der Waals surface area contributed by atoms with Crippen molar-refractivity contribution in [1.82, 2.24) is 0 Å². The molecule has 1 aromatic carbocycles. The highest BCUT2D eigenvalue weighted by Gasteiger charge is 2.11. The van der Waals surface area contributed by atoms with Gasteiger partial charge in [-0.3, -0.25) is 4.79 Å². The third-order valence-corrected chi connectivity index (χ3v) is 3.85. The molecular formula is C20H20ClI2N3O2. The predicted molar refractivity (Wildman–Crippen MR) is 99.5 cm³/mol. The Kier molecular flexibility index (Phi) is 12.8. The maximum atomic E-state index is 12.1. The van der Waals surface area contributed by atoms with Gasteiger partial charge in [-0.25, -0.2) is 9.13 Å². The second-order valence-electron chi connectivity index (χ2n) is 5.58. The zero-order chi connectivity index (χ0) is 18.9. The molecular weight excluding hydrogens is 604 g/mol. The number of aryl methyl sites for hydroxylation is 2. The lowest BCUT2D eigenvalue weighted by Crippen LogP contribution is -3.00. The van der Waals surface area contributed by atoms with Crippen molar-refractivity contribution in [3.8, 4) is 0 Å². The number of pyridine rings is 2. The van der Waals surface area contributed by atoms with E-state index in [9.17, 15) is 4.79 Å². The Balaban J connectivity index is 0.000000532. The number of hydrogen-bond acceptors (Lipinski definition) is 3. The van der Waals surface area contributed by atoms with Crippen LogP contribution in [0.2, 0.25) is 5.02 Å². The van der Waals surface area contributed by atoms with E-state index in [4.69, 9.17) is 16.8 Å². The van der Waals surface area contributed by atoms with Gasteiger partial charge in [-0.2, -0.15) is 0 Å². The van der Waals surface area contributed by atoms with Gasteiger partial charge in [0, 0.05) is 28.8 Å². The van der Waals surface area contributed by atoms with Gasteiger partial charge in [-0.1, -0.05) is 16.8 Å². The number of halogens is 3. The highest BCUT2D eigenvalue weighted by Crippen LogP contribution is 2.12. The molecule has 0 saturated heterocycles. The molecule has 1 N–H and O–H groups in total. The van der Waals surface area contributed by atoms with E-state index in [2.05, 4.69) is 5.16 Å². The van der Waals surface area contributed by atoms with Crippen LogP contribution in [0.1, 0.15) is 21.6 Å². The number of rotatable bonds is 3. The van der Waals surface area contributed by atoms with Crippen LogP contribution >= 0.6 is 11.6 Å². The van der Waals surface area contributed by atoms with Crippen LogP contribution in [-0.2, 0) is 14.1 Å². The van der Waals surface area contributed by atoms with Crippen molar-refractivity contribution in [3.05, 3.63) is 95.0 Å². The van der Waals surface area contributed by atoms with Gasteiger partial charge in [0.15, 0.2) is 24.4 Å². The van der Waals surface area contributed by atoms with E-state index in [1.165, 1.54) is 6.21 Å². The molecule has 2 heterocycles. The summed E-state index contributed by atoms with van der Waals surface area (Å²) in [5.41, 5.74) is 2.19. The number of hydrogen-bond donors (Lipinski definition) is 1. The first kappa shape index (κ1) is 26.4. The summed E-state index contributed by atoms with van der Waals surface area (Å²) < 4.78 is 3.71. The van der Waals surface area contributed by atoms with E-state index >= 15 is 0 Å². The Morgan fingerprint density at radius 3 is 2.21 bits per heavy atom. The van der Waals surface area contributed by atoms with Crippen molar-refractivity contribution in [3.63, 3.8) is 0 Å². The van der Waals surface area contributed by atoms with Crippen LogP contribution in [0.4, 0.5) is 0 Å². The molecule has 0 saturated carbocycles. The summed E-state index contributed by atoms with van der Waals surface area (Å²) >= 11 is 5.77. The van der Waals surface area contributed by atoms with Crippen molar-refractivity contribution < 1.29 is 67.1 Å². The average Bonchev–Trinajstić information content (AvgIpc) is 2.64. The molecule has 0 unspecified atom stereocenters. The lowest BCUT2D eigenvalue weighted by Gasteiger charge is -1.99. The van der Waals surface area contributed by atoms with E-state index in [-0.39, 0.29) is 53.7 Å². The minimum absolute atomic E-state index is 0. The number of aromatic nitrogens is 2. The first-order valence-electron chi connectivity index (χ1n) is 7.89. The molecule has 0 aliphatic carbocycles. The van der Waals surface area contributed by atoms with Crippen LogP contribution < -0.4 is 57.1 Å². The Morgan fingerprint density at radius 2 is 1.64 bits per heavy atom. The second-order valence-corrected chi connectivity index (χ2v) is 6.01. The predicted octanol–water partition coefficient (Wildman–Crippen LogP) is -3.28. The van der Waals surface area contributed by atoms with Crippen LogP contribution in [0.3, 0.4) is 0 Å². The number of oxime groups is 1. The van der Waals surface area contributed by atoms with Crippen molar-refractivity contribution in [1.29, 1.82) is 0 Å². The van der Waals surface area contributed by atoms with Gasteiger partial charge >= 0.3 is 0 Å². The summed E-state index contributed by atoms with van der Waals surface area (Å²) in [5.74, 6) is 0.00728. The largest absolute Gasteiger partial charge is 1.00 e. The maximum Gasteiger partial charge on any atom is 0.226 e. The summed E-state index contributed by atoms with van der Waals surface area (Å²) in [6.45, 7) is 0. The van der Waals surface area contributed by atoms with Crippen LogP contribution in [0, 0.1) is 0 Å². The lowest BCUT2D eigenvalue weighted by atomic mass is 10.1. The minimum atomic E-state index is 0. The third-order valence-electron chi connectivity index (χ3n) is 3.59. The summed E-state index contributed by atoms with van der Waals surface area (Å²) in [4.78, 5) is 12.1. The summed E-state index contributed by atoms with van der Waals surface area (Å²) in [7, 11) is 3.77. The zero-order valence-corrected chi connectivity index (χ0v) is 20.4. The fraction of sp³-hybridized carbons (Fsp3) is 0.100. The van der Waals surface area contributed by atoms with Crippen LogP contribution in [0.25, 0.3) is 0 Å². The van der Waals surface area contributed by atoms with Gasteiger partial charge in [0.05, 0.1) is 5.56 Å². The molecule has 148 valence electrons. The molecule has 8 heteroatoms. The van der Waals surface area contributed by atoms with E-state index in [0.29, 0.717) is 16.1 Å². The van der Waals surface area contributed by atoms with Crippen LogP contribution in [-0.4, -0.2) is 17.2 Å². The van der Waals surface area contributed by atoms with Crippen molar-refractivity contribution >= 4 is 23.6 Å². The Labute approximate surface area is 203 Å². The van der Waals surface area contributed by atoms with Gasteiger partial charge in [0.2, 0.25) is 5.69 Å². The molecule has 28 heavy (non-hydrogen) atoms. The minimum Gasteiger partial charge on any atom is -1.00 e. The smallest absolute Gasteiger partial charge is 0.226 e. The molecule has 0 fully saturated rings. The van der Waals surface area contributed by atoms with E-state index in [0.717, 1.165) is 5.69 Å². The number of ketones is 1. The summed E-state index contributed by atoms with van der Waals surface area (Å²) in [5, 5.41) is 11.8. The molecule has 3 aromatic rings. The van der Waals surface area contributed by atoms with E-state index in [1.807, 2.05) is 59.9 Å². The van der Waals surface area contributed by atoms with Crippen LogP contribution in [0.5, 0.6) is 0 Å². The normalized spacial score (nSPS) is 9.54. The molecule has 0 radical (unpaired) electrons. The maximum absolute atomic E-state index is 12.1. The average molecular weight is 624 g/mol. The summed E-state index contributed by atoms with van der Waals surface area (Å²) in [6, 6.07) is 16.2. The van der Waals surface area contributed by atoms with Gasteiger partial charge in [0.25, 0.3) is 0 Å². The van der Waals surface area contributed by atoms with Gasteiger partial charge in [-0.05, 0) is 36.4 Å². The standard InChI is InChI=1S/C13H11ClNO.C7H8N2O.2HI/c1-15-8-2-3-11(9-15)13(16)10-4-6-12(14)7-5-10;1-9-5-3-2-4-7(9)6-8-10;;/h2-9H,1H3;2-6H,1H3;2*1H/q+1;;;/p-1. The lowest BCUT2D eigenvalue weighted by molar-refractivity contribution is -0.672. The molecule has 0 spiro atoms. The highest BCUT2D eigenvalue weighted by atomic mass is 127. The fourth-order valence-electron chi connectivity index (χ4n) is 2.22. The fourth-order valence-corrected chi connectivity index (χ4v) is 2.35. The SMILES string of the molecule is C[n+]1cccc(C(=O)c2ccc(Cl)cc2)c1.C[n+]1ccccc1C=NO.[I-].[I-]. The topological polar surface area (TPSA) is 57.4 Å². The quantitative estimate of drug-likeness (QED) is 0.0832. The Morgan fingerprint density at radius 1 is 0.964 bits per heavy atom. The van der Waals surface area contributed by atoms with Crippen molar-refractivity contribution in [2.45, 2.75) is 0 Å². The third kappa shape index (κ3) is 8.19. The monoisotopic (exact) mass is 623 g/mol.